The van der Waals surface area contributed by atoms with Crippen molar-refractivity contribution < 1.29 is 14.4 Å². The largest absolute Gasteiger partial charge is 0.301 e. The molecular formula is C48H40N2O3. The molecular weight excluding hydrogens is 653 g/mol. The van der Waals surface area contributed by atoms with Crippen LogP contribution in [0, 0.1) is 0 Å². The zero-order valence-electron chi connectivity index (χ0n) is 30.1. The number of imide groups is 1. The van der Waals surface area contributed by atoms with Crippen LogP contribution in [0.3, 0.4) is 0 Å². The molecule has 0 bridgehead atoms. The number of rotatable bonds is 8. The number of hydrogen-bond acceptors (Lipinski definition) is 3. The number of allylic oxidation sites excluding steroid dienone is 1. The van der Waals surface area contributed by atoms with Gasteiger partial charge in [0.15, 0.2) is 0 Å². The molecule has 0 spiro atoms. The summed E-state index contributed by atoms with van der Waals surface area (Å²) in [7, 11) is 0. The lowest BCUT2D eigenvalue weighted by molar-refractivity contribution is -0.123. The maximum atomic E-state index is 15.3. The van der Waals surface area contributed by atoms with Gasteiger partial charge in [0, 0.05) is 12.0 Å². The monoisotopic (exact) mass is 692 g/mol. The molecule has 0 aliphatic carbocycles. The Labute approximate surface area is 310 Å². The smallest absolute Gasteiger partial charge is 0.262 e. The fourth-order valence-electron chi connectivity index (χ4n) is 8.50. The highest BCUT2D eigenvalue weighted by Gasteiger charge is 2.48. The molecule has 5 nitrogen and oxygen atoms in total. The molecule has 6 aromatic rings. The van der Waals surface area contributed by atoms with E-state index in [1.54, 1.807) is 29.2 Å². The fraction of sp³-hybridized carbons (Fsp3) is 0.146. The molecule has 2 aliphatic rings. The van der Waals surface area contributed by atoms with Gasteiger partial charge < -0.3 is 4.90 Å². The van der Waals surface area contributed by atoms with Crippen LogP contribution in [0.4, 0.5) is 5.69 Å². The summed E-state index contributed by atoms with van der Waals surface area (Å²) in [6.07, 6.45) is 2.31. The van der Waals surface area contributed by atoms with Crippen molar-refractivity contribution in [2.24, 2.45) is 0 Å². The highest BCUT2D eigenvalue weighted by atomic mass is 16.2. The second kappa shape index (κ2) is 13.3. The Hall–Kier alpha value is -6.33. The van der Waals surface area contributed by atoms with E-state index in [-0.39, 0.29) is 12.3 Å². The number of anilines is 1. The number of fused-ring (bicyclic) bond motifs is 2. The van der Waals surface area contributed by atoms with Gasteiger partial charge in [-0.2, -0.15) is 0 Å². The van der Waals surface area contributed by atoms with Gasteiger partial charge in [-0.15, -0.1) is 0 Å². The van der Waals surface area contributed by atoms with Crippen molar-refractivity contribution in [2.75, 3.05) is 4.90 Å². The molecule has 2 aliphatic heterocycles. The molecule has 0 saturated heterocycles. The topological polar surface area (TPSA) is 57.7 Å². The Balaban J connectivity index is 1.31. The van der Waals surface area contributed by atoms with Crippen molar-refractivity contribution in [3.63, 3.8) is 0 Å². The van der Waals surface area contributed by atoms with Crippen LogP contribution in [0.25, 0.3) is 5.57 Å². The lowest BCUT2D eigenvalue weighted by Crippen LogP contribution is -2.58. The Morgan fingerprint density at radius 2 is 1.04 bits per heavy atom. The number of carbonyl (C=O) groups excluding carboxylic acids is 3. The van der Waals surface area contributed by atoms with E-state index < -0.39 is 28.8 Å². The molecule has 6 aromatic carbocycles. The van der Waals surface area contributed by atoms with Crippen LogP contribution in [0.15, 0.2) is 170 Å². The van der Waals surface area contributed by atoms with E-state index in [2.05, 4.69) is 97.9 Å². The molecule has 1 atom stereocenters. The third-order valence-electron chi connectivity index (χ3n) is 10.8. The summed E-state index contributed by atoms with van der Waals surface area (Å²) >= 11 is 0. The van der Waals surface area contributed by atoms with Crippen LogP contribution >= 0.6 is 0 Å². The average Bonchev–Trinajstić information content (AvgIpc) is 3.44. The third kappa shape index (κ3) is 5.60. The van der Waals surface area contributed by atoms with Gasteiger partial charge >= 0.3 is 0 Å². The molecule has 2 heterocycles. The predicted octanol–water partition coefficient (Wildman–Crippen LogP) is 9.51. The highest BCUT2D eigenvalue weighted by molar-refractivity contribution is 6.23. The number of amides is 3. The molecule has 0 fully saturated rings. The Bertz CT molecular complexity index is 2230. The van der Waals surface area contributed by atoms with E-state index in [1.807, 2.05) is 68.4 Å². The SMILES string of the molecule is CC1=CC(C)(C)N(C(=O)C(Cc2ccccc2)N2C(=O)c3ccccc3C2=O)c2ccc(C(c3ccccc3)(c3ccccc3)c3ccccc3)cc21. The number of nitrogens with zero attached hydrogens (tertiary/aromatic N) is 2. The summed E-state index contributed by atoms with van der Waals surface area (Å²) in [5.41, 5.74) is 7.19. The Morgan fingerprint density at radius 3 is 1.53 bits per heavy atom. The van der Waals surface area contributed by atoms with E-state index in [9.17, 15) is 9.59 Å². The highest BCUT2D eigenvalue weighted by Crippen LogP contribution is 2.48. The average molecular weight is 693 g/mol. The molecule has 0 N–H and O–H groups in total. The second-order valence-electron chi connectivity index (χ2n) is 14.5. The molecule has 5 heteroatoms. The minimum Gasteiger partial charge on any atom is -0.301 e. The zero-order valence-corrected chi connectivity index (χ0v) is 30.1. The van der Waals surface area contributed by atoms with Crippen LogP contribution in [0.5, 0.6) is 0 Å². The summed E-state index contributed by atoms with van der Waals surface area (Å²) in [6, 6.07) is 53.4. The molecule has 0 aromatic heterocycles. The lowest BCUT2D eigenvalue weighted by atomic mass is 9.64. The van der Waals surface area contributed by atoms with Crippen LogP contribution in [-0.2, 0) is 16.6 Å². The first-order valence-corrected chi connectivity index (χ1v) is 18.1. The molecule has 0 radical (unpaired) electrons. The van der Waals surface area contributed by atoms with Crippen molar-refractivity contribution in [2.45, 2.75) is 44.2 Å². The summed E-state index contributed by atoms with van der Waals surface area (Å²) in [6.45, 7) is 6.11. The predicted molar refractivity (Wildman–Crippen MR) is 211 cm³/mol. The van der Waals surface area contributed by atoms with Crippen LogP contribution in [0.2, 0.25) is 0 Å². The Kier molecular flexibility index (Phi) is 8.50. The number of benzene rings is 6. The number of carbonyl (C=O) groups is 3. The molecule has 53 heavy (non-hydrogen) atoms. The summed E-state index contributed by atoms with van der Waals surface area (Å²) < 4.78 is 0. The van der Waals surface area contributed by atoms with E-state index in [1.165, 1.54) is 4.90 Å². The van der Waals surface area contributed by atoms with Crippen molar-refractivity contribution >= 4 is 29.0 Å². The van der Waals surface area contributed by atoms with Crippen molar-refractivity contribution in [3.8, 4) is 0 Å². The van der Waals surface area contributed by atoms with Gasteiger partial charge in [-0.1, -0.05) is 146 Å². The van der Waals surface area contributed by atoms with Gasteiger partial charge in [0.25, 0.3) is 17.7 Å². The first kappa shape index (κ1) is 33.8. The van der Waals surface area contributed by atoms with Gasteiger partial charge in [0.05, 0.1) is 27.8 Å². The van der Waals surface area contributed by atoms with Gasteiger partial charge in [0.1, 0.15) is 6.04 Å². The first-order valence-electron chi connectivity index (χ1n) is 18.1. The lowest BCUT2D eigenvalue weighted by Gasteiger charge is -2.45. The van der Waals surface area contributed by atoms with Gasteiger partial charge in [0.2, 0.25) is 0 Å². The van der Waals surface area contributed by atoms with Crippen LogP contribution in [0.1, 0.15) is 74.9 Å². The molecule has 8 rings (SSSR count). The molecule has 1 unspecified atom stereocenters. The molecule has 260 valence electrons. The standard InChI is InChI=1S/C48H40N2O3/c1-33-32-47(2,3)50(46(53)43(30-34-18-8-4-9-19-34)49-44(51)39-26-16-17-27-40(39)45(49)52)42-29-28-38(31-41(33)42)48(35-20-10-5-11-21-35,36-22-12-6-13-23-36)37-24-14-7-15-25-37/h4-29,31-32,43H,30H2,1-3H3. The van der Waals surface area contributed by atoms with Gasteiger partial charge in [-0.3, -0.25) is 19.3 Å². The first-order chi connectivity index (χ1) is 25.7. The minimum absolute atomic E-state index is 0.187. The summed E-state index contributed by atoms with van der Waals surface area (Å²) in [5, 5.41) is 0. The fourth-order valence-corrected chi connectivity index (χ4v) is 8.50. The second-order valence-corrected chi connectivity index (χ2v) is 14.5. The quantitative estimate of drug-likeness (QED) is 0.118. The van der Waals surface area contributed by atoms with Crippen molar-refractivity contribution in [1.82, 2.24) is 4.90 Å². The maximum Gasteiger partial charge on any atom is 0.262 e. The third-order valence-corrected chi connectivity index (χ3v) is 10.8. The molecule has 0 saturated carbocycles. The normalized spacial score (nSPS) is 15.4. The van der Waals surface area contributed by atoms with Crippen molar-refractivity contribution in [3.05, 3.63) is 214 Å². The summed E-state index contributed by atoms with van der Waals surface area (Å²) in [5.74, 6) is -1.21. The number of hydrogen-bond donors (Lipinski definition) is 0. The van der Waals surface area contributed by atoms with Gasteiger partial charge in [-0.25, -0.2) is 0 Å². The van der Waals surface area contributed by atoms with Gasteiger partial charge in [-0.05, 0) is 78.4 Å². The maximum absolute atomic E-state index is 15.3. The van der Waals surface area contributed by atoms with Crippen molar-refractivity contribution in [1.29, 1.82) is 0 Å². The Morgan fingerprint density at radius 1 is 0.585 bits per heavy atom. The minimum atomic E-state index is -1.07. The van der Waals surface area contributed by atoms with E-state index in [4.69, 9.17) is 0 Å². The van der Waals surface area contributed by atoms with Crippen LogP contribution < -0.4 is 4.90 Å². The van der Waals surface area contributed by atoms with Crippen LogP contribution in [-0.4, -0.2) is 34.2 Å². The van der Waals surface area contributed by atoms with E-state index in [0.717, 1.165) is 44.6 Å². The zero-order chi connectivity index (χ0) is 36.7. The summed E-state index contributed by atoms with van der Waals surface area (Å²) in [4.78, 5) is 46.2. The van der Waals surface area contributed by atoms with E-state index in [0.29, 0.717) is 11.1 Å². The van der Waals surface area contributed by atoms with E-state index >= 15 is 4.79 Å². The molecule has 3 amide bonds.